The molecule has 0 aliphatic carbocycles. The van der Waals surface area contributed by atoms with E-state index < -0.39 is 0 Å². The summed E-state index contributed by atoms with van der Waals surface area (Å²) in [6.07, 6.45) is 0. The standard InChI is InChI=1S/C6H11N5/c1-4-8-5(2)10-6(9-4)11(3)7/h7H2,1-3H3. The van der Waals surface area contributed by atoms with E-state index in [4.69, 9.17) is 5.84 Å². The highest BCUT2D eigenvalue weighted by Crippen LogP contribution is 2.00. The van der Waals surface area contributed by atoms with Crippen molar-refractivity contribution in [3.05, 3.63) is 11.6 Å². The molecule has 0 aromatic carbocycles. The van der Waals surface area contributed by atoms with E-state index in [2.05, 4.69) is 15.0 Å². The quantitative estimate of drug-likeness (QED) is 0.447. The number of rotatable bonds is 1. The van der Waals surface area contributed by atoms with E-state index in [0.29, 0.717) is 17.6 Å². The van der Waals surface area contributed by atoms with Crippen LogP contribution in [-0.2, 0) is 0 Å². The summed E-state index contributed by atoms with van der Waals surface area (Å²) in [5.74, 6) is 7.30. The van der Waals surface area contributed by atoms with Crippen LogP contribution in [0.2, 0.25) is 0 Å². The van der Waals surface area contributed by atoms with Crippen LogP contribution in [0.25, 0.3) is 0 Å². The van der Waals surface area contributed by atoms with Gasteiger partial charge in [0.25, 0.3) is 0 Å². The van der Waals surface area contributed by atoms with Gasteiger partial charge < -0.3 is 0 Å². The number of nitrogens with zero attached hydrogens (tertiary/aromatic N) is 4. The zero-order valence-electron chi connectivity index (χ0n) is 6.87. The number of hydrogen-bond acceptors (Lipinski definition) is 5. The van der Waals surface area contributed by atoms with Gasteiger partial charge in [-0.05, 0) is 13.8 Å². The van der Waals surface area contributed by atoms with Crippen LogP contribution in [0.4, 0.5) is 5.95 Å². The molecule has 0 aliphatic rings. The summed E-state index contributed by atoms with van der Waals surface area (Å²) >= 11 is 0. The molecule has 60 valence electrons. The fourth-order valence-corrected chi connectivity index (χ4v) is 0.756. The zero-order valence-corrected chi connectivity index (χ0v) is 6.87. The second-order valence-corrected chi connectivity index (χ2v) is 2.34. The first-order valence-corrected chi connectivity index (χ1v) is 3.27. The second kappa shape index (κ2) is 2.79. The van der Waals surface area contributed by atoms with Crippen LogP contribution in [0.15, 0.2) is 0 Å². The van der Waals surface area contributed by atoms with Crippen LogP contribution in [0.5, 0.6) is 0 Å². The van der Waals surface area contributed by atoms with E-state index in [1.165, 1.54) is 5.01 Å². The molecule has 0 spiro atoms. The van der Waals surface area contributed by atoms with E-state index in [-0.39, 0.29) is 0 Å². The van der Waals surface area contributed by atoms with Crippen LogP contribution in [0.1, 0.15) is 11.6 Å². The summed E-state index contributed by atoms with van der Waals surface area (Å²) < 4.78 is 0. The van der Waals surface area contributed by atoms with Crippen LogP contribution in [0.3, 0.4) is 0 Å². The molecule has 0 amide bonds. The number of aromatic nitrogens is 3. The molecule has 0 saturated heterocycles. The molecule has 0 saturated carbocycles. The van der Waals surface area contributed by atoms with Crippen LogP contribution in [-0.4, -0.2) is 22.0 Å². The van der Waals surface area contributed by atoms with E-state index in [1.807, 2.05) is 13.8 Å². The lowest BCUT2D eigenvalue weighted by atomic mass is 10.6. The molecule has 5 nitrogen and oxygen atoms in total. The van der Waals surface area contributed by atoms with E-state index in [9.17, 15) is 0 Å². The molecule has 2 N–H and O–H groups in total. The lowest BCUT2D eigenvalue weighted by Crippen LogP contribution is -2.27. The third-order valence-electron chi connectivity index (χ3n) is 1.16. The molecule has 1 aromatic heterocycles. The third-order valence-corrected chi connectivity index (χ3v) is 1.16. The molecule has 1 heterocycles. The van der Waals surface area contributed by atoms with Gasteiger partial charge in [-0.15, -0.1) is 0 Å². The Labute approximate surface area is 65.3 Å². The lowest BCUT2D eigenvalue weighted by Gasteiger charge is -2.09. The minimum atomic E-state index is 0.495. The average molecular weight is 153 g/mol. The Morgan fingerprint density at radius 2 is 1.55 bits per heavy atom. The van der Waals surface area contributed by atoms with Gasteiger partial charge in [-0.3, -0.25) is 5.01 Å². The Hall–Kier alpha value is -1.23. The van der Waals surface area contributed by atoms with Crippen LogP contribution < -0.4 is 10.9 Å². The molecule has 0 unspecified atom stereocenters. The fraction of sp³-hybridized carbons (Fsp3) is 0.500. The highest BCUT2D eigenvalue weighted by molar-refractivity contribution is 5.24. The molecule has 1 rings (SSSR count). The molecule has 5 heteroatoms. The maximum absolute atomic E-state index is 5.43. The first-order valence-electron chi connectivity index (χ1n) is 3.27. The van der Waals surface area contributed by atoms with Crippen molar-refractivity contribution in [1.82, 2.24) is 15.0 Å². The van der Waals surface area contributed by atoms with E-state index in [1.54, 1.807) is 7.05 Å². The van der Waals surface area contributed by atoms with Gasteiger partial charge in [0.2, 0.25) is 5.95 Å². The first kappa shape index (κ1) is 7.87. The predicted molar refractivity (Wildman–Crippen MR) is 41.9 cm³/mol. The van der Waals surface area contributed by atoms with Crippen molar-refractivity contribution in [1.29, 1.82) is 0 Å². The lowest BCUT2D eigenvalue weighted by molar-refractivity contribution is 0.852. The van der Waals surface area contributed by atoms with Crippen molar-refractivity contribution in [3.8, 4) is 0 Å². The highest BCUT2D eigenvalue weighted by Gasteiger charge is 2.01. The topological polar surface area (TPSA) is 67.9 Å². The molecule has 0 bridgehead atoms. The van der Waals surface area contributed by atoms with Gasteiger partial charge in [0.05, 0.1) is 0 Å². The predicted octanol–water partition coefficient (Wildman–Crippen LogP) is -0.202. The first-order chi connectivity index (χ1) is 5.09. The highest BCUT2D eigenvalue weighted by atomic mass is 15.4. The number of nitrogens with two attached hydrogens (primary N) is 1. The Kier molecular flexibility index (Phi) is 2.00. The molecule has 0 atom stereocenters. The minimum absolute atomic E-state index is 0.495. The van der Waals surface area contributed by atoms with Gasteiger partial charge in [0, 0.05) is 7.05 Å². The maximum Gasteiger partial charge on any atom is 0.243 e. The van der Waals surface area contributed by atoms with Crippen molar-refractivity contribution < 1.29 is 0 Å². The largest absolute Gasteiger partial charge is 0.282 e. The Morgan fingerprint density at radius 1 is 1.09 bits per heavy atom. The SMILES string of the molecule is Cc1nc(C)nc(N(C)N)n1. The minimum Gasteiger partial charge on any atom is -0.282 e. The number of hydrazine groups is 1. The summed E-state index contributed by atoms with van der Waals surface area (Å²) in [6, 6.07) is 0. The number of anilines is 1. The summed E-state index contributed by atoms with van der Waals surface area (Å²) in [4.78, 5) is 12.0. The summed E-state index contributed by atoms with van der Waals surface area (Å²) in [6.45, 7) is 3.61. The monoisotopic (exact) mass is 153 g/mol. The van der Waals surface area contributed by atoms with Crippen molar-refractivity contribution in [2.45, 2.75) is 13.8 Å². The number of hydrogen-bond donors (Lipinski definition) is 1. The van der Waals surface area contributed by atoms with Crippen LogP contribution >= 0.6 is 0 Å². The summed E-state index contributed by atoms with van der Waals surface area (Å²) in [5.41, 5.74) is 0. The molecule has 0 radical (unpaired) electrons. The second-order valence-electron chi connectivity index (χ2n) is 2.34. The van der Waals surface area contributed by atoms with E-state index >= 15 is 0 Å². The van der Waals surface area contributed by atoms with Gasteiger partial charge >= 0.3 is 0 Å². The van der Waals surface area contributed by atoms with Gasteiger partial charge in [-0.1, -0.05) is 0 Å². The van der Waals surface area contributed by atoms with Crippen molar-refractivity contribution in [2.75, 3.05) is 12.1 Å². The van der Waals surface area contributed by atoms with Gasteiger partial charge in [-0.2, -0.15) is 9.97 Å². The fourth-order valence-electron chi connectivity index (χ4n) is 0.756. The van der Waals surface area contributed by atoms with Crippen molar-refractivity contribution >= 4 is 5.95 Å². The average Bonchev–Trinajstić information content (AvgIpc) is 1.85. The molecule has 1 aromatic rings. The summed E-state index contributed by atoms with van der Waals surface area (Å²) in [7, 11) is 1.69. The maximum atomic E-state index is 5.43. The molecule has 0 aliphatic heterocycles. The van der Waals surface area contributed by atoms with Gasteiger partial charge in [0.15, 0.2) is 0 Å². The van der Waals surface area contributed by atoms with Gasteiger partial charge in [0.1, 0.15) is 11.6 Å². The Morgan fingerprint density at radius 3 is 1.91 bits per heavy atom. The van der Waals surface area contributed by atoms with Gasteiger partial charge in [-0.25, -0.2) is 10.8 Å². The third kappa shape index (κ3) is 1.84. The van der Waals surface area contributed by atoms with E-state index in [0.717, 1.165) is 0 Å². The molecule has 0 fully saturated rings. The van der Waals surface area contributed by atoms with Crippen molar-refractivity contribution in [3.63, 3.8) is 0 Å². The van der Waals surface area contributed by atoms with Crippen LogP contribution in [0, 0.1) is 13.8 Å². The Balaban J connectivity index is 3.08. The molecular formula is C6H11N5. The zero-order chi connectivity index (χ0) is 8.43. The Bertz CT molecular complexity index is 237. The molecule has 11 heavy (non-hydrogen) atoms. The molecular weight excluding hydrogens is 142 g/mol. The normalized spacial score (nSPS) is 9.82. The smallest absolute Gasteiger partial charge is 0.243 e. The number of aryl methyl sites for hydroxylation is 2. The van der Waals surface area contributed by atoms with Crippen molar-refractivity contribution in [2.24, 2.45) is 5.84 Å². The summed E-state index contributed by atoms with van der Waals surface area (Å²) in [5, 5.41) is 1.36.